The third-order valence-corrected chi connectivity index (χ3v) is 6.86. The van der Waals surface area contributed by atoms with E-state index >= 15 is 0 Å². The Bertz CT molecular complexity index is 1480. The van der Waals surface area contributed by atoms with Crippen molar-refractivity contribution in [1.29, 1.82) is 0 Å². The van der Waals surface area contributed by atoms with E-state index in [1.807, 2.05) is 67.2 Å². The minimum Gasteiger partial charge on any atom is -0.303 e. The summed E-state index contributed by atoms with van der Waals surface area (Å²) in [6.07, 6.45) is 1.80. The molecule has 0 amide bonds. The fraction of sp³-hybridized carbons (Fsp3) is 0.200. The van der Waals surface area contributed by atoms with Crippen LogP contribution in [0.3, 0.4) is 0 Å². The van der Waals surface area contributed by atoms with Gasteiger partial charge in [0, 0.05) is 35.9 Å². The van der Waals surface area contributed by atoms with Gasteiger partial charge in [0.2, 0.25) is 0 Å². The number of amidine groups is 1. The van der Waals surface area contributed by atoms with Crippen LogP contribution in [-0.4, -0.2) is 35.5 Å². The molecule has 1 aromatic carbocycles. The van der Waals surface area contributed by atoms with Gasteiger partial charge in [-0.05, 0) is 51.1 Å². The summed E-state index contributed by atoms with van der Waals surface area (Å²) in [4.78, 5) is 22.3. The first-order valence-corrected chi connectivity index (χ1v) is 11.9. The molecule has 1 aliphatic rings. The highest BCUT2D eigenvalue weighted by Gasteiger charge is 2.21. The molecule has 0 radical (unpaired) electrons. The summed E-state index contributed by atoms with van der Waals surface area (Å²) in [5.74, 6) is 1.54. The van der Waals surface area contributed by atoms with Crippen molar-refractivity contribution in [2.45, 2.75) is 20.8 Å². The fourth-order valence-electron chi connectivity index (χ4n) is 4.19. The second-order valence-corrected chi connectivity index (χ2v) is 9.06. The quantitative estimate of drug-likeness (QED) is 0.488. The molecule has 3 aromatic heterocycles. The van der Waals surface area contributed by atoms with Crippen LogP contribution in [0.25, 0.3) is 11.5 Å². The van der Waals surface area contributed by atoms with Crippen molar-refractivity contribution in [2.75, 3.05) is 5.75 Å². The molecular formula is C25H25N7OS. The smallest absolute Gasteiger partial charge is 0.297 e. The lowest BCUT2D eigenvalue weighted by molar-refractivity contribution is 0.630. The number of thioether (sulfide) groups is 1. The monoisotopic (exact) mass is 471 g/mol. The van der Waals surface area contributed by atoms with E-state index in [4.69, 9.17) is 0 Å². The molecule has 0 saturated heterocycles. The van der Waals surface area contributed by atoms with Crippen LogP contribution >= 0.6 is 11.8 Å². The molecule has 34 heavy (non-hydrogen) atoms. The second kappa shape index (κ2) is 8.83. The first-order valence-electron chi connectivity index (χ1n) is 10.9. The van der Waals surface area contributed by atoms with Gasteiger partial charge in [-0.1, -0.05) is 36.0 Å². The Morgan fingerprint density at radius 1 is 1.03 bits per heavy atom. The largest absolute Gasteiger partial charge is 0.303 e. The maximum absolute atomic E-state index is 13.1. The Kier molecular flexibility index (Phi) is 5.70. The average Bonchev–Trinajstić information content (AvgIpc) is 3.27. The number of aromatic nitrogens is 4. The van der Waals surface area contributed by atoms with E-state index in [-0.39, 0.29) is 5.56 Å². The Labute approximate surface area is 201 Å². The molecule has 0 saturated carbocycles. The second-order valence-electron chi connectivity index (χ2n) is 8.09. The van der Waals surface area contributed by atoms with E-state index < -0.39 is 0 Å². The summed E-state index contributed by atoms with van der Waals surface area (Å²) < 4.78 is 5.58. The third kappa shape index (κ3) is 3.77. The maximum atomic E-state index is 13.1. The Morgan fingerprint density at radius 3 is 2.47 bits per heavy atom. The summed E-state index contributed by atoms with van der Waals surface area (Å²) in [7, 11) is 1.86. The van der Waals surface area contributed by atoms with Gasteiger partial charge in [0.1, 0.15) is 5.82 Å². The predicted molar refractivity (Wildman–Crippen MR) is 138 cm³/mol. The number of pyridine rings is 1. The fourth-order valence-corrected chi connectivity index (χ4v) is 4.95. The maximum Gasteiger partial charge on any atom is 0.297 e. The zero-order valence-electron chi connectivity index (χ0n) is 19.5. The van der Waals surface area contributed by atoms with E-state index in [1.54, 1.807) is 10.9 Å². The SMILES string of the molecule is Cc1cc(C2=NNC(=Nc3c(C)n(C)n(-c4ccccc4)c3=O)SC2)c(C)n1-c1ccccn1. The minimum absolute atomic E-state index is 0.158. The van der Waals surface area contributed by atoms with Crippen molar-refractivity contribution >= 4 is 28.3 Å². The summed E-state index contributed by atoms with van der Waals surface area (Å²) in [5, 5.41) is 5.20. The summed E-state index contributed by atoms with van der Waals surface area (Å²) in [6, 6.07) is 17.6. The van der Waals surface area contributed by atoms with Crippen molar-refractivity contribution in [3.63, 3.8) is 0 Å². The molecular weight excluding hydrogens is 446 g/mol. The molecule has 1 N–H and O–H groups in total. The molecule has 0 fully saturated rings. The van der Waals surface area contributed by atoms with Gasteiger partial charge < -0.3 is 4.57 Å². The van der Waals surface area contributed by atoms with E-state index in [1.165, 1.54) is 11.8 Å². The Morgan fingerprint density at radius 2 is 1.79 bits per heavy atom. The molecule has 172 valence electrons. The van der Waals surface area contributed by atoms with Crippen LogP contribution in [0.1, 0.15) is 22.6 Å². The van der Waals surface area contributed by atoms with Crippen molar-refractivity contribution in [2.24, 2.45) is 17.1 Å². The van der Waals surface area contributed by atoms with E-state index in [0.717, 1.165) is 39.9 Å². The molecule has 5 rings (SSSR count). The molecule has 4 heterocycles. The zero-order chi connectivity index (χ0) is 23.8. The highest BCUT2D eigenvalue weighted by Crippen LogP contribution is 2.24. The average molecular weight is 472 g/mol. The highest BCUT2D eigenvalue weighted by atomic mass is 32.2. The molecule has 0 unspecified atom stereocenters. The van der Waals surface area contributed by atoms with Crippen molar-refractivity contribution in [1.82, 2.24) is 24.3 Å². The van der Waals surface area contributed by atoms with Crippen molar-refractivity contribution in [3.05, 3.63) is 93.8 Å². The number of hydrogen-bond acceptors (Lipinski definition) is 5. The third-order valence-electron chi connectivity index (χ3n) is 5.99. The number of nitrogens with zero attached hydrogens (tertiary/aromatic N) is 6. The number of rotatable bonds is 4. The van der Waals surface area contributed by atoms with Gasteiger partial charge in [0.25, 0.3) is 5.56 Å². The van der Waals surface area contributed by atoms with Gasteiger partial charge in [-0.2, -0.15) is 5.10 Å². The summed E-state index contributed by atoms with van der Waals surface area (Å²) in [5.41, 5.74) is 9.09. The molecule has 0 spiro atoms. The Balaban J connectivity index is 1.44. The minimum atomic E-state index is -0.158. The molecule has 0 bridgehead atoms. The van der Waals surface area contributed by atoms with E-state index in [9.17, 15) is 4.79 Å². The molecule has 0 aliphatic carbocycles. The summed E-state index contributed by atoms with van der Waals surface area (Å²) in [6.45, 7) is 6.04. The van der Waals surface area contributed by atoms with Crippen LogP contribution in [0.5, 0.6) is 0 Å². The van der Waals surface area contributed by atoms with E-state index in [0.29, 0.717) is 16.6 Å². The topological polar surface area (TPSA) is 81.5 Å². The van der Waals surface area contributed by atoms with Crippen molar-refractivity contribution in [3.8, 4) is 11.5 Å². The van der Waals surface area contributed by atoms with Crippen LogP contribution in [0.4, 0.5) is 5.69 Å². The number of hydrogen-bond donors (Lipinski definition) is 1. The predicted octanol–water partition coefficient (Wildman–Crippen LogP) is 4.02. The van der Waals surface area contributed by atoms with Crippen molar-refractivity contribution < 1.29 is 0 Å². The normalized spacial score (nSPS) is 14.8. The standard InChI is InChI=1S/C25H25N7OS/c1-16-14-20(17(2)31(16)22-12-8-9-13-26-22)21-15-34-25(29-28-21)27-23-18(3)30(4)32(24(23)33)19-10-6-5-7-11-19/h5-14H,15H2,1-4H3,(H,27,29). The molecule has 1 aliphatic heterocycles. The summed E-state index contributed by atoms with van der Waals surface area (Å²) >= 11 is 1.53. The van der Waals surface area contributed by atoms with Crippen LogP contribution in [0, 0.1) is 20.8 Å². The van der Waals surface area contributed by atoms with Gasteiger partial charge in [-0.25, -0.2) is 14.7 Å². The number of benzene rings is 1. The molecule has 4 aromatic rings. The van der Waals surface area contributed by atoms with Gasteiger partial charge in [0.15, 0.2) is 10.9 Å². The molecule has 9 heteroatoms. The van der Waals surface area contributed by atoms with Gasteiger partial charge in [-0.15, -0.1) is 0 Å². The molecule has 0 atom stereocenters. The first kappa shape index (κ1) is 22.0. The van der Waals surface area contributed by atoms with Crippen LogP contribution in [0.2, 0.25) is 0 Å². The van der Waals surface area contributed by atoms with E-state index in [2.05, 4.69) is 45.0 Å². The van der Waals surface area contributed by atoms with Crippen LogP contribution < -0.4 is 11.0 Å². The zero-order valence-corrected chi connectivity index (χ0v) is 20.3. The number of hydrazone groups is 1. The Hall–Kier alpha value is -3.85. The van der Waals surface area contributed by atoms with Gasteiger partial charge in [-0.3, -0.25) is 14.9 Å². The first-order chi connectivity index (χ1) is 16.5. The lowest BCUT2D eigenvalue weighted by Gasteiger charge is -2.15. The number of nitrogens with one attached hydrogen (secondary N) is 1. The van der Waals surface area contributed by atoms with Gasteiger partial charge in [0.05, 0.1) is 17.1 Å². The molecule has 8 nitrogen and oxygen atoms in total. The lowest BCUT2D eigenvalue weighted by atomic mass is 10.1. The number of aliphatic imine (C=N–C) groups is 1. The lowest BCUT2D eigenvalue weighted by Crippen LogP contribution is -2.26. The number of aryl methyl sites for hydroxylation is 1. The van der Waals surface area contributed by atoms with Crippen LogP contribution in [0.15, 0.2) is 75.7 Å². The van der Waals surface area contributed by atoms with Gasteiger partial charge >= 0.3 is 0 Å². The highest BCUT2D eigenvalue weighted by molar-refractivity contribution is 8.14. The van der Waals surface area contributed by atoms with Crippen LogP contribution in [-0.2, 0) is 7.05 Å². The number of para-hydroxylation sites is 1.